The summed E-state index contributed by atoms with van der Waals surface area (Å²) in [5.41, 5.74) is 2.26. The third-order valence-corrected chi connectivity index (χ3v) is 2.22. The molecule has 0 aromatic heterocycles. The van der Waals surface area contributed by atoms with Gasteiger partial charge in [0.25, 0.3) is 0 Å². The summed E-state index contributed by atoms with van der Waals surface area (Å²) in [6, 6.07) is 8.01. The van der Waals surface area contributed by atoms with Crippen molar-refractivity contribution in [2.75, 3.05) is 11.9 Å². The fraction of sp³-hybridized carbons (Fsp3) is 0.417. The van der Waals surface area contributed by atoms with Gasteiger partial charge < -0.3 is 0 Å². The highest BCUT2D eigenvalue weighted by Crippen LogP contribution is 2.30. The molecule has 1 rings (SSSR count). The maximum absolute atomic E-state index is 8.85. The lowest BCUT2D eigenvalue weighted by Gasteiger charge is -2.24. The molecule has 74 valence electrons. The Balaban J connectivity index is 3.25. The van der Waals surface area contributed by atoms with Gasteiger partial charge in [0.1, 0.15) is 0 Å². The Morgan fingerprint density at radius 1 is 1.21 bits per heavy atom. The van der Waals surface area contributed by atoms with E-state index in [2.05, 4.69) is 33.0 Å². The molecule has 0 unspecified atom stereocenters. The summed E-state index contributed by atoms with van der Waals surface area (Å²) in [7, 11) is 1.78. The van der Waals surface area contributed by atoms with Gasteiger partial charge in [-0.25, -0.2) is 0 Å². The van der Waals surface area contributed by atoms with Crippen LogP contribution in [0.2, 0.25) is 0 Å². The fourth-order valence-electron chi connectivity index (χ4n) is 1.45. The van der Waals surface area contributed by atoms with E-state index >= 15 is 0 Å². The highest BCUT2D eigenvalue weighted by molar-refractivity contribution is 5.58. The van der Waals surface area contributed by atoms with Crippen molar-refractivity contribution < 1.29 is 0 Å². The molecule has 2 heteroatoms. The summed E-state index contributed by atoms with van der Waals surface area (Å²) in [6.45, 7) is 6.45. The molecule has 0 N–H and O–H groups in total. The number of nitriles is 1. The Morgan fingerprint density at radius 3 is 2.29 bits per heavy atom. The van der Waals surface area contributed by atoms with E-state index in [9.17, 15) is 0 Å². The molecule has 1 aromatic carbocycles. The average molecular weight is 188 g/mol. The normalized spacial score (nSPS) is 10.8. The van der Waals surface area contributed by atoms with Crippen LogP contribution in [0.25, 0.3) is 0 Å². The number of nitrogens with zero attached hydrogens (tertiary/aromatic N) is 2. The zero-order valence-corrected chi connectivity index (χ0v) is 9.20. The highest BCUT2D eigenvalue weighted by atomic mass is 15.1. The van der Waals surface area contributed by atoms with E-state index in [1.165, 1.54) is 5.56 Å². The molecule has 0 saturated heterocycles. The maximum Gasteiger partial charge on any atom is 0.184 e. The van der Waals surface area contributed by atoms with Crippen LogP contribution in [0, 0.1) is 11.5 Å². The van der Waals surface area contributed by atoms with Crippen molar-refractivity contribution in [1.82, 2.24) is 0 Å². The highest BCUT2D eigenvalue weighted by Gasteiger charge is 2.18. The lowest BCUT2D eigenvalue weighted by atomic mass is 9.85. The van der Waals surface area contributed by atoms with Gasteiger partial charge in [0.15, 0.2) is 6.19 Å². The molecule has 0 atom stereocenters. The van der Waals surface area contributed by atoms with Crippen LogP contribution >= 0.6 is 0 Å². The number of anilines is 1. The second kappa shape index (κ2) is 3.71. The van der Waals surface area contributed by atoms with Crippen molar-refractivity contribution >= 4 is 5.69 Å². The predicted molar refractivity (Wildman–Crippen MR) is 59.2 cm³/mol. The van der Waals surface area contributed by atoms with Crippen molar-refractivity contribution in [3.05, 3.63) is 29.8 Å². The van der Waals surface area contributed by atoms with Crippen molar-refractivity contribution in [2.24, 2.45) is 0 Å². The van der Waals surface area contributed by atoms with Gasteiger partial charge in [-0.15, -0.1) is 0 Å². The van der Waals surface area contributed by atoms with Gasteiger partial charge >= 0.3 is 0 Å². The molecule has 0 bridgehead atoms. The molecule has 0 fully saturated rings. The van der Waals surface area contributed by atoms with Crippen LogP contribution in [-0.4, -0.2) is 7.05 Å². The minimum absolute atomic E-state index is 0.0711. The molecule has 0 aliphatic rings. The molecule has 0 aliphatic heterocycles. The maximum atomic E-state index is 8.85. The van der Waals surface area contributed by atoms with Crippen LogP contribution in [0.4, 0.5) is 5.69 Å². The molecule has 14 heavy (non-hydrogen) atoms. The van der Waals surface area contributed by atoms with E-state index < -0.39 is 0 Å². The van der Waals surface area contributed by atoms with Crippen molar-refractivity contribution in [2.45, 2.75) is 26.2 Å². The van der Waals surface area contributed by atoms with Crippen molar-refractivity contribution in [3.63, 3.8) is 0 Å². The first kappa shape index (κ1) is 10.6. The topological polar surface area (TPSA) is 27.0 Å². The average Bonchev–Trinajstić information content (AvgIpc) is 2.15. The molecule has 0 spiro atoms. The molecule has 1 aromatic rings. The summed E-state index contributed by atoms with van der Waals surface area (Å²) in [6.07, 6.45) is 2.13. The Hall–Kier alpha value is -1.49. The number of hydrogen-bond acceptors (Lipinski definition) is 2. The zero-order valence-electron chi connectivity index (χ0n) is 9.20. The smallest absolute Gasteiger partial charge is 0.184 e. The minimum Gasteiger partial charge on any atom is -0.282 e. The van der Waals surface area contributed by atoms with E-state index in [1.54, 1.807) is 11.9 Å². The molecular weight excluding hydrogens is 172 g/mol. The Bertz CT molecular complexity index is 355. The van der Waals surface area contributed by atoms with Crippen LogP contribution < -0.4 is 4.90 Å². The minimum atomic E-state index is 0.0711. The molecule has 0 aliphatic carbocycles. The second-order valence-corrected chi connectivity index (χ2v) is 4.43. The zero-order chi connectivity index (χ0) is 10.8. The van der Waals surface area contributed by atoms with E-state index in [0.717, 1.165) is 5.69 Å². The van der Waals surface area contributed by atoms with Crippen molar-refractivity contribution in [3.8, 4) is 6.19 Å². The van der Waals surface area contributed by atoms with Gasteiger partial charge in [0.05, 0.1) is 5.69 Å². The Labute approximate surface area is 85.8 Å². The largest absolute Gasteiger partial charge is 0.282 e. The van der Waals surface area contributed by atoms with E-state index in [-0.39, 0.29) is 5.41 Å². The molecule has 0 heterocycles. The summed E-state index contributed by atoms with van der Waals surface area (Å²) in [5, 5.41) is 8.85. The molecule has 0 radical (unpaired) electrons. The van der Waals surface area contributed by atoms with Crippen LogP contribution in [0.1, 0.15) is 26.3 Å². The third kappa shape index (κ3) is 2.05. The summed E-state index contributed by atoms with van der Waals surface area (Å²) in [4.78, 5) is 1.60. The number of hydrogen-bond donors (Lipinski definition) is 0. The molecule has 0 amide bonds. The van der Waals surface area contributed by atoms with Gasteiger partial charge in [-0.2, -0.15) is 5.26 Å². The monoisotopic (exact) mass is 188 g/mol. The predicted octanol–water partition coefficient (Wildman–Crippen LogP) is 2.90. The number of benzene rings is 1. The van der Waals surface area contributed by atoms with E-state index in [0.29, 0.717) is 0 Å². The third-order valence-electron chi connectivity index (χ3n) is 2.22. The lowest BCUT2D eigenvalue weighted by molar-refractivity contribution is 0.590. The van der Waals surface area contributed by atoms with Gasteiger partial charge in [-0.3, -0.25) is 4.90 Å². The molecular formula is C12H16N2. The fourth-order valence-corrected chi connectivity index (χ4v) is 1.45. The SMILES string of the molecule is CN(C#N)c1ccccc1C(C)(C)C. The van der Waals surface area contributed by atoms with Gasteiger partial charge in [0.2, 0.25) is 0 Å². The Kier molecular flexibility index (Phi) is 2.81. The number of rotatable bonds is 1. The second-order valence-electron chi connectivity index (χ2n) is 4.43. The van der Waals surface area contributed by atoms with Crippen LogP contribution in [0.15, 0.2) is 24.3 Å². The van der Waals surface area contributed by atoms with Crippen molar-refractivity contribution in [1.29, 1.82) is 5.26 Å². The van der Waals surface area contributed by atoms with Gasteiger partial charge in [0, 0.05) is 7.05 Å². The number of para-hydroxylation sites is 1. The first-order valence-corrected chi connectivity index (χ1v) is 4.70. The first-order valence-electron chi connectivity index (χ1n) is 4.70. The molecule has 2 nitrogen and oxygen atoms in total. The summed E-state index contributed by atoms with van der Waals surface area (Å²) in [5.74, 6) is 0. The Morgan fingerprint density at radius 2 is 1.79 bits per heavy atom. The first-order chi connectivity index (χ1) is 6.46. The quantitative estimate of drug-likeness (QED) is 0.500. The summed E-state index contributed by atoms with van der Waals surface area (Å²) < 4.78 is 0. The molecule has 0 saturated carbocycles. The standard InChI is InChI=1S/C12H16N2/c1-12(2,3)10-7-5-6-8-11(10)14(4)9-13/h5-8H,1-4H3. The van der Waals surface area contributed by atoms with Gasteiger partial charge in [-0.1, -0.05) is 39.0 Å². The van der Waals surface area contributed by atoms with E-state index in [4.69, 9.17) is 5.26 Å². The van der Waals surface area contributed by atoms with Gasteiger partial charge in [-0.05, 0) is 17.0 Å². The van der Waals surface area contributed by atoms with Crippen LogP contribution in [0.5, 0.6) is 0 Å². The van der Waals surface area contributed by atoms with Crippen LogP contribution in [-0.2, 0) is 5.41 Å². The van der Waals surface area contributed by atoms with Crippen LogP contribution in [0.3, 0.4) is 0 Å². The summed E-state index contributed by atoms with van der Waals surface area (Å²) >= 11 is 0. The lowest BCUT2D eigenvalue weighted by Crippen LogP contribution is -2.18. The van der Waals surface area contributed by atoms with E-state index in [1.807, 2.05) is 18.2 Å².